The molecule has 2 heterocycles. The Kier molecular flexibility index (Phi) is 6.26. The second kappa shape index (κ2) is 8.65. The number of alkyl halides is 3. The average molecular weight is 488 g/mol. The van der Waals surface area contributed by atoms with Gasteiger partial charge < -0.3 is 15.0 Å². The number of sulfonamides is 1. The van der Waals surface area contributed by atoms with E-state index in [1.807, 2.05) is 5.32 Å². The molecule has 33 heavy (non-hydrogen) atoms. The molecule has 1 unspecified atom stereocenters. The third-order valence-corrected chi connectivity index (χ3v) is 5.65. The summed E-state index contributed by atoms with van der Waals surface area (Å²) in [5.41, 5.74) is -3.04. The van der Waals surface area contributed by atoms with Crippen molar-refractivity contribution in [1.82, 2.24) is 4.90 Å². The minimum atomic E-state index is -4.99. The SMILES string of the molecule is CC(OC(=O)C1=CN2CCS(=O)(=O)N=C2C=C1)C(=O)Nc1ccc([N+](=O)[O-])cc1C(F)(F)F. The van der Waals surface area contributed by atoms with Gasteiger partial charge in [0.05, 0.1) is 27.5 Å². The Morgan fingerprint density at radius 1 is 1.30 bits per heavy atom. The third-order valence-electron chi connectivity index (χ3n) is 4.49. The van der Waals surface area contributed by atoms with Gasteiger partial charge in [0, 0.05) is 24.9 Å². The van der Waals surface area contributed by atoms with Gasteiger partial charge in [-0.2, -0.15) is 13.2 Å². The topological polar surface area (TPSA) is 148 Å². The molecular weight excluding hydrogens is 473 g/mol. The van der Waals surface area contributed by atoms with E-state index in [1.54, 1.807) is 0 Å². The number of benzene rings is 1. The van der Waals surface area contributed by atoms with Crippen molar-refractivity contribution in [3.63, 3.8) is 0 Å². The quantitative estimate of drug-likeness (QED) is 0.376. The zero-order valence-corrected chi connectivity index (χ0v) is 17.5. The number of nitrogens with zero attached hydrogens (tertiary/aromatic N) is 3. The van der Waals surface area contributed by atoms with E-state index in [-0.39, 0.29) is 29.8 Å². The normalized spacial score (nSPS) is 17.9. The molecule has 2 aliphatic heterocycles. The van der Waals surface area contributed by atoms with Crippen LogP contribution in [-0.4, -0.2) is 54.4 Å². The molecule has 0 fully saturated rings. The van der Waals surface area contributed by atoms with Crippen molar-refractivity contribution in [3.8, 4) is 0 Å². The first-order valence-electron chi connectivity index (χ1n) is 9.13. The smallest absolute Gasteiger partial charge is 0.418 e. The minimum absolute atomic E-state index is 0.0404. The number of carbonyl (C=O) groups excluding carboxylic acids is 2. The lowest BCUT2D eigenvalue weighted by Crippen LogP contribution is -2.37. The number of rotatable bonds is 5. The first-order valence-corrected chi connectivity index (χ1v) is 10.7. The molecule has 1 atom stereocenters. The number of nitrogens with one attached hydrogen (secondary N) is 1. The molecule has 1 aromatic rings. The van der Waals surface area contributed by atoms with Gasteiger partial charge in [0.1, 0.15) is 5.84 Å². The molecule has 11 nitrogen and oxygen atoms in total. The van der Waals surface area contributed by atoms with Crippen molar-refractivity contribution in [3.05, 3.63) is 57.8 Å². The van der Waals surface area contributed by atoms with Crippen LogP contribution in [0.3, 0.4) is 0 Å². The van der Waals surface area contributed by atoms with Crippen LogP contribution in [0.5, 0.6) is 0 Å². The fraction of sp³-hybridized carbons (Fsp3) is 0.278. The predicted octanol–water partition coefficient (Wildman–Crippen LogP) is 1.98. The number of esters is 1. The maximum Gasteiger partial charge on any atom is 0.418 e. The zero-order valence-electron chi connectivity index (χ0n) is 16.7. The number of non-ortho nitro benzene ring substituents is 1. The number of halogens is 3. The Labute approximate surface area is 184 Å². The average Bonchev–Trinajstić information content (AvgIpc) is 2.71. The van der Waals surface area contributed by atoms with Gasteiger partial charge in [-0.1, -0.05) is 0 Å². The summed E-state index contributed by atoms with van der Waals surface area (Å²) < 4.78 is 71.3. The standard InChI is InChI=1S/C18H15F3N4O7S/c1-10(16(26)22-14-4-3-12(25(28)29)8-13(14)18(19,20)21)32-17(27)11-2-5-15-23-33(30,31)7-6-24(15)9-11/h2-5,8-10H,6-7H2,1H3,(H,22,26). The van der Waals surface area contributed by atoms with Gasteiger partial charge in [-0.15, -0.1) is 4.40 Å². The lowest BCUT2D eigenvalue weighted by molar-refractivity contribution is -0.385. The number of carbonyl (C=O) groups is 2. The van der Waals surface area contributed by atoms with E-state index in [0.29, 0.717) is 0 Å². The van der Waals surface area contributed by atoms with Crippen LogP contribution < -0.4 is 5.32 Å². The lowest BCUT2D eigenvalue weighted by Gasteiger charge is -2.27. The van der Waals surface area contributed by atoms with E-state index in [0.717, 1.165) is 19.1 Å². The van der Waals surface area contributed by atoms with Gasteiger partial charge in [0.2, 0.25) is 0 Å². The molecule has 1 amide bonds. The zero-order chi connectivity index (χ0) is 24.6. The van der Waals surface area contributed by atoms with Crippen LogP contribution in [0.15, 0.2) is 46.5 Å². The molecule has 176 valence electrons. The Morgan fingerprint density at radius 2 is 2.00 bits per heavy atom. The maximum atomic E-state index is 13.3. The number of hydrogen-bond acceptors (Lipinski definition) is 8. The number of amidine groups is 1. The highest BCUT2D eigenvalue weighted by Gasteiger charge is 2.36. The maximum absolute atomic E-state index is 13.3. The molecule has 1 aromatic carbocycles. The molecule has 0 saturated carbocycles. The van der Waals surface area contributed by atoms with Crippen LogP contribution in [0, 0.1) is 10.1 Å². The second-order valence-corrected chi connectivity index (χ2v) is 8.62. The summed E-state index contributed by atoms with van der Waals surface area (Å²) in [6.07, 6.45) is -2.75. The highest BCUT2D eigenvalue weighted by Crippen LogP contribution is 2.37. The van der Waals surface area contributed by atoms with Gasteiger partial charge in [-0.25, -0.2) is 13.2 Å². The fourth-order valence-corrected chi connectivity index (χ4v) is 3.80. The van der Waals surface area contributed by atoms with Crippen molar-refractivity contribution < 1.29 is 40.8 Å². The third kappa shape index (κ3) is 5.54. The highest BCUT2D eigenvalue weighted by atomic mass is 32.2. The molecule has 2 aliphatic rings. The van der Waals surface area contributed by atoms with Gasteiger partial charge in [0.15, 0.2) is 6.10 Å². The molecule has 0 bridgehead atoms. The highest BCUT2D eigenvalue weighted by molar-refractivity contribution is 7.90. The molecule has 0 saturated heterocycles. The van der Waals surface area contributed by atoms with Crippen molar-refractivity contribution in [2.75, 3.05) is 17.6 Å². The molecule has 0 aliphatic carbocycles. The summed E-state index contributed by atoms with van der Waals surface area (Å²) in [6, 6.07) is 1.80. The van der Waals surface area contributed by atoms with E-state index in [1.165, 1.54) is 23.3 Å². The second-order valence-electron chi connectivity index (χ2n) is 6.87. The monoisotopic (exact) mass is 488 g/mol. The van der Waals surface area contributed by atoms with E-state index in [4.69, 9.17) is 4.74 Å². The molecule has 1 N–H and O–H groups in total. The summed E-state index contributed by atoms with van der Waals surface area (Å²) >= 11 is 0. The molecule has 15 heteroatoms. The molecule has 0 spiro atoms. The number of fused-ring (bicyclic) bond motifs is 1. The molecule has 3 rings (SSSR count). The van der Waals surface area contributed by atoms with E-state index in [9.17, 15) is 41.3 Å². The number of nitro groups is 1. The number of anilines is 1. The Morgan fingerprint density at radius 3 is 2.64 bits per heavy atom. The summed E-state index contributed by atoms with van der Waals surface area (Å²) in [7, 11) is -3.59. The summed E-state index contributed by atoms with van der Waals surface area (Å²) in [4.78, 5) is 35.8. The van der Waals surface area contributed by atoms with Crippen LogP contribution in [0.1, 0.15) is 12.5 Å². The first-order chi connectivity index (χ1) is 15.3. The van der Waals surface area contributed by atoms with Gasteiger partial charge >= 0.3 is 12.1 Å². The van der Waals surface area contributed by atoms with Crippen LogP contribution in [-0.2, 0) is 30.5 Å². The largest absolute Gasteiger partial charge is 0.449 e. The van der Waals surface area contributed by atoms with Crippen LogP contribution in [0.2, 0.25) is 0 Å². The Balaban J connectivity index is 1.71. The molecule has 0 radical (unpaired) electrons. The summed E-state index contributed by atoms with van der Waals surface area (Å²) in [5, 5.41) is 12.7. The van der Waals surface area contributed by atoms with Crippen LogP contribution >= 0.6 is 0 Å². The van der Waals surface area contributed by atoms with Gasteiger partial charge in [-0.05, 0) is 25.1 Å². The summed E-state index contributed by atoms with van der Waals surface area (Å²) in [5.74, 6) is -2.25. The van der Waals surface area contributed by atoms with Gasteiger partial charge in [0.25, 0.3) is 21.6 Å². The van der Waals surface area contributed by atoms with Crippen LogP contribution in [0.25, 0.3) is 0 Å². The summed E-state index contributed by atoms with van der Waals surface area (Å²) in [6.45, 7) is 1.16. The predicted molar refractivity (Wildman–Crippen MR) is 107 cm³/mol. The van der Waals surface area contributed by atoms with Crippen molar-refractivity contribution in [1.29, 1.82) is 0 Å². The van der Waals surface area contributed by atoms with Crippen LogP contribution in [0.4, 0.5) is 24.5 Å². The number of amides is 1. The van der Waals surface area contributed by atoms with Gasteiger partial charge in [-0.3, -0.25) is 14.9 Å². The molecular formula is C18H15F3N4O7S. The van der Waals surface area contributed by atoms with E-state index in [2.05, 4.69) is 4.40 Å². The van der Waals surface area contributed by atoms with E-state index >= 15 is 0 Å². The van der Waals surface area contributed by atoms with E-state index < -0.39 is 56.0 Å². The molecule has 0 aromatic heterocycles. The number of hydrogen-bond donors (Lipinski definition) is 1. The lowest BCUT2D eigenvalue weighted by atomic mass is 10.1. The minimum Gasteiger partial charge on any atom is -0.449 e. The van der Waals surface area contributed by atoms with Crippen molar-refractivity contribution >= 4 is 39.1 Å². The first kappa shape index (κ1) is 23.9. The number of ether oxygens (including phenoxy) is 1. The number of nitro benzene ring substituents is 1. The van der Waals surface area contributed by atoms with Crippen molar-refractivity contribution in [2.24, 2.45) is 4.40 Å². The van der Waals surface area contributed by atoms with Crippen molar-refractivity contribution in [2.45, 2.75) is 19.2 Å². The fourth-order valence-electron chi connectivity index (χ4n) is 2.83. The Hall–Kier alpha value is -3.75. The Bertz CT molecular complexity index is 1220.